The van der Waals surface area contributed by atoms with Crippen molar-refractivity contribution in [1.29, 1.82) is 0 Å². The van der Waals surface area contributed by atoms with Crippen molar-refractivity contribution in [3.63, 3.8) is 0 Å². The summed E-state index contributed by atoms with van der Waals surface area (Å²) in [5.41, 5.74) is 1.77. The van der Waals surface area contributed by atoms with E-state index in [1.54, 1.807) is 7.11 Å². The summed E-state index contributed by atoms with van der Waals surface area (Å²) in [5, 5.41) is 3.49. The minimum atomic E-state index is 0. The molecule has 3 rings (SSSR count). The molecule has 0 unspecified atom stereocenters. The fourth-order valence-corrected chi connectivity index (χ4v) is 4.20. The van der Waals surface area contributed by atoms with Gasteiger partial charge in [-0.2, -0.15) is 0 Å². The van der Waals surface area contributed by atoms with Crippen LogP contribution in [-0.4, -0.2) is 75.9 Å². The normalized spacial score (nSPS) is 17.7. The number of benzene rings is 1. The molecule has 1 saturated carbocycles. The summed E-state index contributed by atoms with van der Waals surface area (Å²) in [6.07, 6.45) is 5.50. The molecule has 1 aliphatic heterocycles. The third-order valence-corrected chi connectivity index (χ3v) is 6.22. The molecule has 1 aliphatic carbocycles. The zero-order valence-electron chi connectivity index (χ0n) is 18.9. The summed E-state index contributed by atoms with van der Waals surface area (Å²) >= 11 is 0. The number of guanidine groups is 1. The molecule has 1 spiro atoms. The van der Waals surface area contributed by atoms with E-state index in [4.69, 9.17) is 14.5 Å². The van der Waals surface area contributed by atoms with E-state index in [1.165, 1.54) is 37.8 Å². The van der Waals surface area contributed by atoms with E-state index in [0.29, 0.717) is 18.6 Å². The molecule has 0 aromatic heterocycles. The van der Waals surface area contributed by atoms with E-state index in [-0.39, 0.29) is 24.0 Å². The highest BCUT2D eigenvalue weighted by atomic mass is 127. The van der Waals surface area contributed by atoms with Crippen molar-refractivity contribution < 1.29 is 9.47 Å². The zero-order valence-corrected chi connectivity index (χ0v) is 21.2. The van der Waals surface area contributed by atoms with Gasteiger partial charge in [-0.15, -0.1) is 24.0 Å². The van der Waals surface area contributed by atoms with Crippen LogP contribution in [0.3, 0.4) is 0 Å². The molecule has 1 N–H and O–H groups in total. The molecule has 6 nitrogen and oxygen atoms in total. The van der Waals surface area contributed by atoms with Crippen molar-refractivity contribution in [2.24, 2.45) is 10.4 Å². The minimum absolute atomic E-state index is 0. The third kappa shape index (κ3) is 7.27. The Balaban J connectivity index is 0.00000320. The third-order valence-electron chi connectivity index (χ3n) is 6.22. The molecule has 7 heteroatoms. The lowest BCUT2D eigenvalue weighted by Crippen LogP contribution is -2.42. The lowest BCUT2D eigenvalue weighted by molar-refractivity contribution is 0.150. The van der Waals surface area contributed by atoms with Crippen LogP contribution in [0.1, 0.15) is 38.2 Å². The van der Waals surface area contributed by atoms with Gasteiger partial charge in [0.15, 0.2) is 5.96 Å². The monoisotopic (exact) mass is 530 g/mol. The zero-order chi connectivity index (χ0) is 20.5. The maximum atomic E-state index is 5.94. The minimum Gasteiger partial charge on any atom is -0.492 e. The number of methoxy groups -OCH3 is 1. The molecule has 2 aliphatic rings. The van der Waals surface area contributed by atoms with Crippen LogP contribution in [0.25, 0.3) is 0 Å². The summed E-state index contributed by atoms with van der Waals surface area (Å²) in [4.78, 5) is 9.60. The van der Waals surface area contributed by atoms with Crippen LogP contribution in [0.4, 0.5) is 0 Å². The summed E-state index contributed by atoms with van der Waals surface area (Å²) in [6.45, 7) is 9.24. The first-order chi connectivity index (χ1) is 14.1. The van der Waals surface area contributed by atoms with Crippen LogP contribution in [0.15, 0.2) is 29.3 Å². The Kier molecular flexibility index (Phi) is 10.7. The molecule has 0 atom stereocenters. The van der Waals surface area contributed by atoms with Crippen LogP contribution in [0, 0.1) is 5.41 Å². The van der Waals surface area contributed by atoms with E-state index in [2.05, 4.69) is 47.3 Å². The van der Waals surface area contributed by atoms with Crippen LogP contribution in [0.2, 0.25) is 0 Å². The van der Waals surface area contributed by atoms with Gasteiger partial charge in [0.2, 0.25) is 0 Å². The van der Waals surface area contributed by atoms with Gasteiger partial charge >= 0.3 is 0 Å². The number of likely N-dealkylation sites (N-methyl/N-ethyl adjacent to an activating group) is 1. The van der Waals surface area contributed by atoms with Crippen LogP contribution >= 0.6 is 24.0 Å². The lowest BCUT2D eigenvalue weighted by atomic mass is 9.68. The Bertz CT molecular complexity index is 666. The lowest BCUT2D eigenvalue weighted by Gasteiger charge is -2.38. The average molecular weight is 530 g/mol. The topological polar surface area (TPSA) is 49.3 Å². The number of likely N-dealkylation sites (tertiary alicyclic amines) is 1. The first-order valence-electron chi connectivity index (χ1n) is 11.1. The summed E-state index contributed by atoms with van der Waals surface area (Å²) in [5.74, 6) is 1.97. The second-order valence-corrected chi connectivity index (χ2v) is 8.49. The highest BCUT2D eigenvalue weighted by Gasteiger charge is 2.43. The van der Waals surface area contributed by atoms with Crippen molar-refractivity contribution in [3.8, 4) is 5.75 Å². The van der Waals surface area contributed by atoms with Crippen LogP contribution in [-0.2, 0) is 11.3 Å². The predicted octanol–water partition coefficient (Wildman–Crippen LogP) is 3.60. The second-order valence-electron chi connectivity index (χ2n) is 8.49. The number of hydrogen-bond acceptors (Lipinski definition) is 4. The van der Waals surface area contributed by atoms with Gasteiger partial charge in [0.05, 0.1) is 13.2 Å². The van der Waals surface area contributed by atoms with Crippen molar-refractivity contribution >= 4 is 29.9 Å². The highest BCUT2D eigenvalue weighted by Crippen LogP contribution is 2.47. The maximum absolute atomic E-state index is 5.94. The van der Waals surface area contributed by atoms with Crippen molar-refractivity contribution in [2.75, 3.05) is 60.1 Å². The highest BCUT2D eigenvalue weighted by molar-refractivity contribution is 14.0. The Morgan fingerprint density at radius 3 is 2.70 bits per heavy atom. The Morgan fingerprint density at radius 2 is 2.03 bits per heavy atom. The van der Waals surface area contributed by atoms with Crippen LogP contribution < -0.4 is 10.1 Å². The number of halogens is 1. The largest absolute Gasteiger partial charge is 0.492 e. The summed E-state index contributed by atoms with van der Waals surface area (Å²) in [7, 11) is 3.82. The van der Waals surface area contributed by atoms with Crippen molar-refractivity contribution in [2.45, 2.75) is 39.2 Å². The first-order valence-corrected chi connectivity index (χ1v) is 11.1. The average Bonchev–Trinajstić information content (AvgIpc) is 3.16. The van der Waals surface area contributed by atoms with Gasteiger partial charge in [-0.1, -0.05) is 18.6 Å². The number of aliphatic imine (C=N–C) groups is 1. The Labute approximate surface area is 199 Å². The molecule has 1 aromatic rings. The molecule has 0 amide bonds. The molecule has 30 heavy (non-hydrogen) atoms. The summed E-state index contributed by atoms with van der Waals surface area (Å²) < 4.78 is 11.1. The molecule has 0 radical (unpaired) electrons. The van der Waals surface area contributed by atoms with Crippen LogP contribution in [0.5, 0.6) is 5.75 Å². The predicted molar refractivity (Wildman–Crippen MR) is 134 cm³/mol. The van der Waals surface area contributed by atoms with Gasteiger partial charge in [-0.25, -0.2) is 4.99 Å². The number of ether oxygens (including phenoxy) is 2. The van der Waals surface area contributed by atoms with Gasteiger partial charge in [0.1, 0.15) is 12.4 Å². The maximum Gasteiger partial charge on any atom is 0.194 e. The fraction of sp³-hybridized carbons (Fsp3) is 0.696. The van der Waals surface area contributed by atoms with Gasteiger partial charge in [-0.05, 0) is 56.3 Å². The number of nitrogens with one attached hydrogen (secondary N) is 1. The van der Waals surface area contributed by atoms with E-state index >= 15 is 0 Å². The van der Waals surface area contributed by atoms with Gasteiger partial charge in [0, 0.05) is 39.8 Å². The molecule has 1 saturated heterocycles. The molecular formula is C23H39IN4O2. The molecule has 170 valence electrons. The van der Waals surface area contributed by atoms with Crippen molar-refractivity contribution in [1.82, 2.24) is 15.1 Å². The molecule has 1 heterocycles. The number of rotatable bonds is 10. The van der Waals surface area contributed by atoms with E-state index in [1.807, 2.05) is 6.07 Å². The van der Waals surface area contributed by atoms with Gasteiger partial charge in [-0.3, -0.25) is 0 Å². The smallest absolute Gasteiger partial charge is 0.194 e. The van der Waals surface area contributed by atoms with Gasteiger partial charge < -0.3 is 24.6 Å². The Morgan fingerprint density at radius 1 is 1.23 bits per heavy atom. The summed E-state index contributed by atoms with van der Waals surface area (Å²) in [6, 6.07) is 8.32. The first kappa shape index (κ1) is 25.2. The SMILES string of the molecule is CCNC(=NCc1cccc(OCCN(C)CCOC)c1)N1CCC2(CCC2)C1.I. The second kappa shape index (κ2) is 12.7. The molecule has 2 fully saturated rings. The van der Waals surface area contributed by atoms with E-state index in [9.17, 15) is 0 Å². The van der Waals surface area contributed by atoms with E-state index in [0.717, 1.165) is 44.5 Å². The van der Waals surface area contributed by atoms with Gasteiger partial charge in [0.25, 0.3) is 0 Å². The number of hydrogen-bond donors (Lipinski definition) is 1. The van der Waals surface area contributed by atoms with Crippen molar-refractivity contribution in [3.05, 3.63) is 29.8 Å². The molecule has 1 aromatic carbocycles. The number of nitrogens with zero attached hydrogens (tertiary/aromatic N) is 3. The fourth-order valence-electron chi connectivity index (χ4n) is 4.20. The Hall–Kier alpha value is -1.06. The van der Waals surface area contributed by atoms with E-state index < -0.39 is 0 Å². The quantitative estimate of drug-likeness (QED) is 0.285. The standard InChI is InChI=1S/C23H38N4O2.HI/c1-4-24-22(27-12-11-23(19-27)9-6-10-23)25-18-20-7-5-8-21(17-20)29-16-14-26(2)13-15-28-3;/h5,7-8,17H,4,6,9-16,18-19H2,1-3H3,(H,24,25);1H. The molecular weight excluding hydrogens is 491 g/mol. The molecule has 0 bridgehead atoms.